The van der Waals surface area contributed by atoms with Crippen LogP contribution in [0.15, 0.2) is 4.99 Å². The second-order valence-corrected chi connectivity index (χ2v) is 8.06. The molecule has 0 bridgehead atoms. The van der Waals surface area contributed by atoms with E-state index >= 15 is 0 Å². The number of rotatable bonds is 6. The van der Waals surface area contributed by atoms with Crippen molar-refractivity contribution in [2.24, 2.45) is 4.99 Å². The molecule has 0 aromatic carbocycles. The van der Waals surface area contributed by atoms with E-state index in [1.54, 1.807) is 0 Å². The van der Waals surface area contributed by atoms with Gasteiger partial charge in [-0.15, -0.1) is 0 Å². The van der Waals surface area contributed by atoms with E-state index in [1.807, 2.05) is 11.8 Å². The summed E-state index contributed by atoms with van der Waals surface area (Å²) in [4.78, 5) is 9.82. The van der Waals surface area contributed by atoms with Gasteiger partial charge in [0.1, 0.15) is 0 Å². The number of guanidine groups is 1. The maximum atomic E-state index is 4.85. The summed E-state index contributed by atoms with van der Waals surface area (Å²) < 4.78 is 0. The Balaban J connectivity index is 1.80. The fraction of sp³-hybridized carbons (Fsp3) is 0.941. The molecule has 3 atom stereocenters. The van der Waals surface area contributed by atoms with E-state index in [4.69, 9.17) is 4.99 Å². The van der Waals surface area contributed by atoms with Gasteiger partial charge in [0, 0.05) is 50.1 Å². The van der Waals surface area contributed by atoms with E-state index in [-0.39, 0.29) is 0 Å². The summed E-state index contributed by atoms with van der Waals surface area (Å²) in [5, 5.41) is 7.88. The van der Waals surface area contributed by atoms with Crippen molar-refractivity contribution in [3.05, 3.63) is 0 Å². The van der Waals surface area contributed by atoms with Gasteiger partial charge in [0.25, 0.3) is 0 Å². The van der Waals surface area contributed by atoms with Gasteiger partial charge < -0.3 is 15.5 Å². The average Bonchev–Trinajstić information content (AvgIpc) is 3.01. The Labute approximate surface area is 146 Å². The van der Waals surface area contributed by atoms with E-state index in [2.05, 4.69) is 47.6 Å². The Hall–Kier alpha value is -0.460. The number of hydrogen-bond donors (Lipinski definition) is 2. The highest BCUT2D eigenvalue weighted by atomic mass is 32.2. The number of hydrogen-bond acceptors (Lipinski definition) is 4. The summed E-state index contributed by atoms with van der Waals surface area (Å²) in [6, 6.07) is 1.10. The second kappa shape index (κ2) is 9.74. The lowest BCUT2D eigenvalue weighted by Crippen LogP contribution is -2.49. The molecule has 2 N–H and O–H groups in total. The fourth-order valence-corrected chi connectivity index (χ4v) is 4.20. The van der Waals surface area contributed by atoms with Gasteiger partial charge in [0.2, 0.25) is 0 Å². The van der Waals surface area contributed by atoms with Crippen LogP contribution in [-0.2, 0) is 0 Å². The SMILES string of the molecule is CCNC(=NCC(C)N1CCN(C)CC1)NC1CCC(SC)C1. The van der Waals surface area contributed by atoms with Crippen LogP contribution in [0, 0.1) is 0 Å². The van der Waals surface area contributed by atoms with Crippen molar-refractivity contribution in [2.75, 3.05) is 52.6 Å². The molecule has 2 fully saturated rings. The third kappa shape index (κ3) is 6.16. The average molecular weight is 342 g/mol. The minimum atomic E-state index is 0.515. The van der Waals surface area contributed by atoms with Crippen LogP contribution in [0.3, 0.4) is 0 Å². The van der Waals surface area contributed by atoms with Crippen molar-refractivity contribution in [1.29, 1.82) is 0 Å². The lowest BCUT2D eigenvalue weighted by atomic mass is 10.2. The van der Waals surface area contributed by atoms with Gasteiger partial charge in [-0.1, -0.05) is 0 Å². The fourth-order valence-electron chi connectivity index (χ4n) is 3.40. The first-order valence-electron chi connectivity index (χ1n) is 9.12. The van der Waals surface area contributed by atoms with Crippen molar-refractivity contribution in [3.8, 4) is 0 Å². The predicted molar refractivity (Wildman–Crippen MR) is 103 cm³/mol. The third-order valence-electron chi connectivity index (χ3n) is 5.08. The van der Waals surface area contributed by atoms with Crippen molar-refractivity contribution < 1.29 is 0 Å². The number of likely N-dealkylation sites (N-methyl/N-ethyl adjacent to an activating group) is 1. The molecule has 23 heavy (non-hydrogen) atoms. The summed E-state index contributed by atoms with van der Waals surface area (Å²) in [7, 11) is 2.21. The normalized spacial score (nSPS) is 28.8. The van der Waals surface area contributed by atoms with E-state index in [1.165, 1.54) is 32.4 Å². The largest absolute Gasteiger partial charge is 0.357 e. The summed E-state index contributed by atoms with van der Waals surface area (Å²) in [5.74, 6) is 1.00. The molecule has 2 aliphatic rings. The van der Waals surface area contributed by atoms with Gasteiger partial charge in [-0.2, -0.15) is 11.8 Å². The quantitative estimate of drug-likeness (QED) is 0.566. The van der Waals surface area contributed by atoms with Crippen LogP contribution in [0.25, 0.3) is 0 Å². The monoisotopic (exact) mass is 341 g/mol. The molecule has 0 aromatic rings. The molecular formula is C17H35N5S. The number of aliphatic imine (C=N–C) groups is 1. The molecule has 5 nitrogen and oxygen atoms in total. The van der Waals surface area contributed by atoms with Gasteiger partial charge in [-0.05, 0) is 46.4 Å². The Morgan fingerprint density at radius 2 is 2.00 bits per heavy atom. The van der Waals surface area contributed by atoms with Crippen molar-refractivity contribution in [3.63, 3.8) is 0 Å². The highest BCUT2D eigenvalue weighted by molar-refractivity contribution is 7.99. The van der Waals surface area contributed by atoms with Gasteiger partial charge in [0.15, 0.2) is 5.96 Å². The summed E-state index contributed by atoms with van der Waals surface area (Å²) in [6.07, 6.45) is 6.09. The van der Waals surface area contributed by atoms with E-state index < -0.39 is 0 Å². The summed E-state index contributed by atoms with van der Waals surface area (Å²) in [6.45, 7) is 10.9. The topological polar surface area (TPSA) is 42.9 Å². The Bertz CT molecular complexity index is 368. The molecular weight excluding hydrogens is 306 g/mol. The van der Waals surface area contributed by atoms with Crippen molar-refractivity contribution in [2.45, 2.75) is 50.4 Å². The first-order valence-corrected chi connectivity index (χ1v) is 10.4. The highest BCUT2D eigenvalue weighted by Gasteiger charge is 2.24. The van der Waals surface area contributed by atoms with Gasteiger partial charge in [-0.3, -0.25) is 9.89 Å². The lowest BCUT2D eigenvalue weighted by molar-refractivity contribution is 0.122. The third-order valence-corrected chi connectivity index (χ3v) is 6.17. The molecule has 1 aliphatic heterocycles. The van der Waals surface area contributed by atoms with Crippen LogP contribution in [0.5, 0.6) is 0 Å². The standard InChI is InChI=1S/C17H35N5S/c1-5-18-17(20-15-6-7-16(12-15)23-4)19-13-14(2)22-10-8-21(3)9-11-22/h14-16H,5-13H2,1-4H3,(H2,18,19,20). The molecule has 2 rings (SSSR count). The van der Waals surface area contributed by atoms with Crippen LogP contribution < -0.4 is 10.6 Å². The number of nitrogens with one attached hydrogen (secondary N) is 2. The molecule has 0 aromatic heterocycles. The maximum Gasteiger partial charge on any atom is 0.191 e. The lowest BCUT2D eigenvalue weighted by Gasteiger charge is -2.36. The minimum Gasteiger partial charge on any atom is -0.357 e. The molecule has 134 valence electrons. The van der Waals surface area contributed by atoms with Crippen LogP contribution in [-0.4, -0.2) is 85.7 Å². The first kappa shape index (κ1) is 18.9. The molecule has 0 spiro atoms. The molecule has 3 unspecified atom stereocenters. The Morgan fingerprint density at radius 1 is 1.26 bits per heavy atom. The Morgan fingerprint density at radius 3 is 2.61 bits per heavy atom. The zero-order valence-corrected chi connectivity index (χ0v) is 16.2. The maximum absolute atomic E-state index is 4.85. The minimum absolute atomic E-state index is 0.515. The molecule has 1 saturated heterocycles. The Kier molecular flexibility index (Phi) is 7.99. The molecule has 1 aliphatic carbocycles. The molecule has 1 heterocycles. The highest BCUT2D eigenvalue weighted by Crippen LogP contribution is 2.28. The smallest absolute Gasteiger partial charge is 0.191 e. The first-order chi connectivity index (χ1) is 11.1. The van der Waals surface area contributed by atoms with Crippen LogP contribution in [0.2, 0.25) is 0 Å². The van der Waals surface area contributed by atoms with E-state index in [9.17, 15) is 0 Å². The zero-order chi connectivity index (χ0) is 16.7. The number of piperazine rings is 1. The van der Waals surface area contributed by atoms with Gasteiger partial charge >= 0.3 is 0 Å². The second-order valence-electron chi connectivity index (χ2n) is 6.92. The molecule has 0 amide bonds. The number of thioether (sulfide) groups is 1. The molecule has 6 heteroatoms. The van der Waals surface area contributed by atoms with E-state index in [0.717, 1.165) is 37.4 Å². The van der Waals surface area contributed by atoms with Crippen LogP contribution >= 0.6 is 11.8 Å². The van der Waals surface area contributed by atoms with Crippen LogP contribution in [0.4, 0.5) is 0 Å². The summed E-state index contributed by atoms with van der Waals surface area (Å²) in [5.41, 5.74) is 0. The van der Waals surface area contributed by atoms with Crippen molar-refractivity contribution in [1.82, 2.24) is 20.4 Å². The van der Waals surface area contributed by atoms with Gasteiger partial charge in [0.05, 0.1) is 6.54 Å². The van der Waals surface area contributed by atoms with Crippen molar-refractivity contribution >= 4 is 17.7 Å². The predicted octanol–water partition coefficient (Wildman–Crippen LogP) is 1.46. The zero-order valence-electron chi connectivity index (χ0n) is 15.3. The van der Waals surface area contributed by atoms with Gasteiger partial charge in [-0.25, -0.2) is 0 Å². The number of nitrogens with zero attached hydrogens (tertiary/aromatic N) is 3. The molecule has 0 radical (unpaired) electrons. The summed E-state index contributed by atoms with van der Waals surface area (Å²) >= 11 is 2.00. The van der Waals surface area contributed by atoms with E-state index in [0.29, 0.717) is 12.1 Å². The van der Waals surface area contributed by atoms with Crippen LogP contribution in [0.1, 0.15) is 33.1 Å². The molecule has 1 saturated carbocycles.